The number of carbonyl (C=O) groups excluding carboxylic acids is 1. The summed E-state index contributed by atoms with van der Waals surface area (Å²) in [7, 11) is 0. The van der Waals surface area contributed by atoms with Crippen molar-refractivity contribution >= 4 is 33.2 Å². The Hall–Kier alpha value is -2.18. The molecule has 2 aromatic heterocycles. The van der Waals surface area contributed by atoms with Crippen molar-refractivity contribution in [2.24, 2.45) is 5.73 Å². The summed E-state index contributed by atoms with van der Waals surface area (Å²) in [4.78, 5) is 18.3. The van der Waals surface area contributed by atoms with Crippen molar-refractivity contribution in [3.63, 3.8) is 0 Å². The van der Waals surface area contributed by atoms with Gasteiger partial charge in [0, 0.05) is 41.9 Å². The number of benzene rings is 1. The number of hydrogen-bond acceptors (Lipinski definition) is 3. The molecule has 1 amide bonds. The van der Waals surface area contributed by atoms with Gasteiger partial charge in [-0.05, 0) is 52.2 Å². The Kier molecular flexibility index (Phi) is 3.66. The van der Waals surface area contributed by atoms with E-state index in [0.717, 1.165) is 45.7 Å². The number of aromatic nitrogens is 2. The zero-order valence-corrected chi connectivity index (χ0v) is 14.9. The second kappa shape index (κ2) is 5.72. The number of nitrogens with two attached hydrogens (primary N) is 1. The maximum Gasteiger partial charge on any atom is 0.223 e. The Morgan fingerprint density at radius 2 is 2.17 bits per heavy atom. The van der Waals surface area contributed by atoms with Crippen LogP contribution in [0.5, 0.6) is 0 Å². The van der Waals surface area contributed by atoms with Gasteiger partial charge >= 0.3 is 0 Å². The molecule has 122 valence electrons. The number of pyridine rings is 1. The van der Waals surface area contributed by atoms with Gasteiger partial charge in [-0.2, -0.15) is 0 Å². The van der Waals surface area contributed by atoms with Crippen LogP contribution < -0.4 is 10.6 Å². The van der Waals surface area contributed by atoms with Gasteiger partial charge in [0.15, 0.2) is 0 Å². The van der Waals surface area contributed by atoms with Crippen molar-refractivity contribution in [3.05, 3.63) is 52.3 Å². The number of fused-ring (bicyclic) bond motifs is 2. The fourth-order valence-corrected chi connectivity index (χ4v) is 3.71. The van der Waals surface area contributed by atoms with Crippen LogP contribution in [0.25, 0.3) is 16.9 Å². The molecule has 0 saturated carbocycles. The van der Waals surface area contributed by atoms with E-state index in [1.165, 1.54) is 5.56 Å². The van der Waals surface area contributed by atoms with Crippen molar-refractivity contribution in [3.8, 4) is 11.3 Å². The number of anilines is 1. The molecule has 4 rings (SSSR count). The molecule has 0 spiro atoms. The van der Waals surface area contributed by atoms with E-state index in [0.29, 0.717) is 6.54 Å². The summed E-state index contributed by atoms with van der Waals surface area (Å²) in [6.45, 7) is 2.76. The Morgan fingerprint density at radius 3 is 2.92 bits per heavy atom. The summed E-state index contributed by atoms with van der Waals surface area (Å²) in [5, 5.41) is 0. The van der Waals surface area contributed by atoms with E-state index < -0.39 is 0 Å². The maximum absolute atomic E-state index is 11.7. The molecule has 0 unspecified atom stereocenters. The molecule has 6 heteroatoms. The van der Waals surface area contributed by atoms with Crippen LogP contribution in [-0.4, -0.2) is 21.8 Å². The minimum Gasteiger partial charge on any atom is -0.325 e. The van der Waals surface area contributed by atoms with Gasteiger partial charge in [0.05, 0.1) is 11.4 Å². The lowest BCUT2D eigenvalue weighted by Gasteiger charge is -2.14. The van der Waals surface area contributed by atoms with Crippen LogP contribution in [0, 0.1) is 0 Å². The molecule has 5 nitrogen and oxygen atoms in total. The third-order valence-electron chi connectivity index (χ3n) is 4.50. The van der Waals surface area contributed by atoms with Crippen molar-refractivity contribution in [2.75, 3.05) is 11.4 Å². The average molecular weight is 385 g/mol. The molecule has 0 fully saturated rings. The highest BCUT2D eigenvalue weighted by Crippen LogP contribution is 2.33. The molecule has 3 heterocycles. The minimum absolute atomic E-state index is 0.0849. The molecule has 24 heavy (non-hydrogen) atoms. The van der Waals surface area contributed by atoms with Crippen LogP contribution in [0.3, 0.4) is 0 Å². The van der Waals surface area contributed by atoms with Crippen molar-refractivity contribution < 1.29 is 4.79 Å². The standard InChI is InChI=1S/C18H17BrN4O/c1-11(24)22-7-6-12-8-13(2-4-15(12)22)18-16(9-20)23-10-14(19)3-5-17(23)21-18/h2-5,8,10H,6-7,9,20H2,1H3. The van der Waals surface area contributed by atoms with Crippen molar-refractivity contribution in [2.45, 2.75) is 19.9 Å². The number of hydrogen-bond donors (Lipinski definition) is 1. The van der Waals surface area contributed by atoms with Gasteiger partial charge in [0.25, 0.3) is 0 Å². The van der Waals surface area contributed by atoms with Crippen molar-refractivity contribution in [1.82, 2.24) is 9.38 Å². The monoisotopic (exact) mass is 384 g/mol. The van der Waals surface area contributed by atoms with Crippen LogP contribution in [0.2, 0.25) is 0 Å². The van der Waals surface area contributed by atoms with E-state index in [1.807, 2.05) is 39.8 Å². The van der Waals surface area contributed by atoms with Gasteiger partial charge in [-0.25, -0.2) is 4.98 Å². The van der Waals surface area contributed by atoms with Gasteiger partial charge in [-0.15, -0.1) is 0 Å². The second-order valence-corrected chi connectivity index (χ2v) is 6.87. The van der Waals surface area contributed by atoms with Crippen LogP contribution >= 0.6 is 15.9 Å². The number of carbonyl (C=O) groups is 1. The first-order chi connectivity index (χ1) is 11.6. The third kappa shape index (κ3) is 2.34. The van der Waals surface area contributed by atoms with Crippen molar-refractivity contribution in [1.29, 1.82) is 0 Å². The normalized spacial score (nSPS) is 13.5. The number of imidazole rings is 1. The third-order valence-corrected chi connectivity index (χ3v) is 4.97. The molecule has 1 aliphatic heterocycles. The number of nitrogens with zero attached hydrogens (tertiary/aromatic N) is 3. The summed E-state index contributed by atoms with van der Waals surface area (Å²) in [5.41, 5.74) is 12.0. The SMILES string of the molecule is CC(=O)N1CCc2cc(-c3nc4ccc(Br)cn4c3CN)ccc21. The van der Waals surface area contributed by atoms with Crippen LogP contribution in [-0.2, 0) is 17.8 Å². The minimum atomic E-state index is 0.0849. The Morgan fingerprint density at radius 1 is 1.33 bits per heavy atom. The largest absolute Gasteiger partial charge is 0.325 e. The summed E-state index contributed by atoms with van der Waals surface area (Å²) >= 11 is 3.50. The predicted molar refractivity (Wildman–Crippen MR) is 98.0 cm³/mol. The van der Waals surface area contributed by atoms with E-state index >= 15 is 0 Å². The van der Waals surface area contributed by atoms with Gasteiger partial charge in [-0.1, -0.05) is 6.07 Å². The zero-order valence-electron chi connectivity index (χ0n) is 13.3. The lowest BCUT2D eigenvalue weighted by Crippen LogP contribution is -2.25. The highest BCUT2D eigenvalue weighted by molar-refractivity contribution is 9.10. The first-order valence-corrected chi connectivity index (χ1v) is 8.65. The van der Waals surface area contributed by atoms with Gasteiger partial charge in [0.2, 0.25) is 5.91 Å². The highest BCUT2D eigenvalue weighted by atomic mass is 79.9. The molecule has 1 aromatic carbocycles. The van der Waals surface area contributed by atoms with Crippen LogP contribution in [0.4, 0.5) is 5.69 Å². The Bertz CT molecular complexity index is 963. The second-order valence-electron chi connectivity index (χ2n) is 5.95. The number of amides is 1. The van der Waals surface area contributed by atoms with E-state index in [4.69, 9.17) is 10.7 Å². The molecule has 0 bridgehead atoms. The van der Waals surface area contributed by atoms with E-state index in [1.54, 1.807) is 6.92 Å². The maximum atomic E-state index is 11.7. The fraction of sp³-hybridized carbons (Fsp3) is 0.222. The van der Waals surface area contributed by atoms with E-state index in [9.17, 15) is 4.79 Å². The lowest BCUT2D eigenvalue weighted by atomic mass is 10.0. The summed E-state index contributed by atoms with van der Waals surface area (Å²) < 4.78 is 3.01. The van der Waals surface area contributed by atoms with Gasteiger partial charge < -0.3 is 15.0 Å². The predicted octanol–water partition coefficient (Wildman–Crippen LogP) is 3.13. The molecule has 1 aliphatic rings. The van der Waals surface area contributed by atoms with Gasteiger partial charge in [0.1, 0.15) is 5.65 Å². The molecule has 2 N–H and O–H groups in total. The van der Waals surface area contributed by atoms with E-state index in [2.05, 4.69) is 22.0 Å². The molecular weight excluding hydrogens is 368 g/mol. The lowest BCUT2D eigenvalue weighted by molar-refractivity contribution is -0.116. The Labute approximate surface area is 148 Å². The topological polar surface area (TPSA) is 63.6 Å². The molecule has 0 aliphatic carbocycles. The smallest absolute Gasteiger partial charge is 0.223 e. The molecule has 3 aromatic rings. The molecule has 0 saturated heterocycles. The molecular formula is C18H17BrN4O. The first-order valence-electron chi connectivity index (χ1n) is 7.86. The summed E-state index contributed by atoms with van der Waals surface area (Å²) in [6, 6.07) is 10.1. The molecule has 0 radical (unpaired) electrons. The van der Waals surface area contributed by atoms with Crippen LogP contribution in [0.1, 0.15) is 18.2 Å². The number of rotatable bonds is 2. The first kappa shape index (κ1) is 15.4. The highest BCUT2D eigenvalue weighted by Gasteiger charge is 2.23. The van der Waals surface area contributed by atoms with Crippen LogP contribution in [0.15, 0.2) is 41.0 Å². The number of halogens is 1. The summed E-state index contributed by atoms with van der Waals surface area (Å²) in [5.74, 6) is 0.0849. The quantitative estimate of drug-likeness (QED) is 0.737. The average Bonchev–Trinajstić information content (AvgIpc) is 3.14. The molecule has 0 atom stereocenters. The van der Waals surface area contributed by atoms with E-state index in [-0.39, 0.29) is 5.91 Å². The summed E-state index contributed by atoms with van der Waals surface area (Å²) in [6.07, 6.45) is 2.86. The Balaban J connectivity index is 1.85. The van der Waals surface area contributed by atoms with Gasteiger partial charge in [-0.3, -0.25) is 4.79 Å². The zero-order chi connectivity index (χ0) is 16.8. The fourth-order valence-electron chi connectivity index (χ4n) is 3.37.